The number of carbonyl (C=O) groups excluding carboxylic acids is 1. The fraction of sp³-hybridized carbons (Fsp3) is 0.0526. The fourth-order valence-electron chi connectivity index (χ4n) is 2.12. The Hall–Kier alpha value is -3.03. The molecule has 0 saturated carbocycles. The third kappa shape index (κ3) is 4.82. The van der Waals surface area contributed by atoms with E-state index >= 15 is 0 Å². The van der Waals surface area contributed by atoms with Gasteiger partial charge in [-0.15, -0.1) is 0 Å². The number of hydrogen-bond donors (Lipinski definition) is 1. The number of carbonyl (C=O) groups is 1. The van der Waals surface area contributed by atoms with Crippen molar-refractivity contribution in [3.8, 4) is 5.75 Å². The molecule has 3 rings (SSSR count). The standard InChI is InChI=1S/C19H13Cl2FN2O4/c20-14-2-1-3-15(17(14)21)26-10-13-8-9-16(27-13)19(25)28-24-18(23)11-4-6-12(22)7-5-11/h1-9H,10H2,(H2,23,24). The van der Waals surface area contributed by atoms with Gasteiger partial charge in [-0.3, -0.25) is 0 Å². The van der Waals surface area contributed by atoms with Gasteiger partial charge in [0.15, 0.2) is 5.84 Å². The van der Waals surface area contributed by atoms with Crippen LogP contribution in [0.5, 0.6) is 5.75 Å². The van der Waals surface area contributed by atoms with Crippen molar-refractivity contribution in [3.05, 3.63) is 87.5 Å². The zero-order valence-electron chi connectivity index (χ0n) is 14.2. The van der Waals surface area contributed by atoms with E-state index in [0.717, 1.165) is 0 Å². The molecule has 9 heteroatoms. The Balaban J connectivity index is 1.60. The summed E-state index contributed by atoms with van der Waals surface area (Å²) in [7, 11) is 0. The number of nitrogens with two attached hydrogens (primary N) is 1. The summed E-state index contributed by atoms with van der Waals surface area (Å²) in [6, 6.07) is 13.2. The van der Waals surface area contributed by atoms with E-state index in [9.17, 15) is 9.18 Å². The molecule has 0 aliphatic heterocycles. The lowest BCUT2D eigenvalue weighted by molar-refractivity contribution is 0.0475. The zero-order chi connectivity index (χ0) is 20.1. The summed E-state index contributed by atoms with van der Waals surface area (Å²) in [5, 5.41) is 4.16. The minimum atomic E-state index is -0.850. The highest BCUT2D eigenvalue weighted by atomic mass is 35.5. The summed E-state index contributed by atoms with van der Waals surface area (Å²) in [6.45, 7) is 0.0222. The Morgan fingerprint density at radius 3 is 2.61 bits per heavy atom. The maximum absolute atomic E-state index is 12.9. The van der Waals surface area contributed by atoms with Crippen molar-refractivity contribution in [3.63, 3.8) is 0 Å². The van der Waals surface area contributed by atoms with Crippen LogP contribution >= 0.6 is 23.2 Å². The lowest BCUT2D eigenvalue weighted by Crippen LogP contribution is -2.15. The maximum atomic E-state index is 12.9. The molecular weight excluding hydrogens is 410 g/mol. The molecule has 3 aromatic rings. The van der Waals surface area contributed by atoms with Crippen LogP contribution in [0.2, 0.25) is 10.0 Å². The quantitative estimate of drug-likeness (QED) is 0.267. The third-order valence-corrected chi connectivity index (χ3v) is 4.32. The Bertz CT molecular complexity index is 1020. The van der Waals surface area contributed by atoms with Crippen LogP contribution in [0.15, 0.2) is 64.2 Å². The van der Waals surface area contributed by atoms with Gasteiger partial charge < -0.3 is 19.7 Å². The fourth-order valence-corrected chi connectivity index (χ4v) is 2.46. The van der Waals surface area contributed by atoms with Gasteiger partial charge in [-0.05, 0) is 48.5 Å². The number of hydrogen-bond acceptors (Lipinski definition) is 5. The number of rotatable bonds is 6. The van der Waals surface area contributed by atoms with Crippen LogP contribution in [0.1, 0.15) is 21.9 Å². The molecule has 1 heterocycles. The molecule has 6 nitrogen and oxygen atoms in total. The van der Waals surface area contributed by atoms with Gasteiger partial charge in [0.1, 0.15) is 29.0 Å². The van der Waals surface area contributed by atoms with E-state index < -0.39 is 11.8 Å². The summed E-state index contributed by atoms with van der Waals surface area (Å²) in [5.41, 5.74) is 6.10. The molecule has 1 aromatic heterocycles. The van der Waals surface area contributed by atoms with Gasteiger partial charge >= 0.3 is 5.97 Å². The lowest BCUT2D eigenvalue weighted by Gasteiger charge is -2.07. The summed E-state index contributed by atoms with van der Waals surface area (Å²) in [6.07, 6.45) is 0. The van der Waals surface area contributed by atoms with Crippen molar-refractivity contribution in [1.82, 2.24) is 0 Å². The number of amidine groups is 1. The van der Waals surface area contributed by atoms with E-state index in [2.05, 4.69) is 5.16 Å². The molecule has 0 atom stereocenters. The first kappa shape index (κ1) is 19.7. The van der Waals surface area contributed by atoms with Gasteiger partial charge in [0.05, 0.1) is 5.02 Å². The van der Waals surface area contributed by atoms with E-state index in [4.69, 9.17) is 42.9 Å². The second kappa shape index (κ2) is 8.77. The normalized spacial score (nSPS) is 11.3. The molecule has 0 fully saturated rings. The highest BCUT2D eigenvalue weighted by molar-refractivity contribution is 6.42. The molecule has 0 bridgehead atoms. The Kier molecular flexibility index (Phi) is 6.18. The highest BCUT2D eigenvalue weighted by Crippen LogP contribution is 2.32. The summed E-state index contributed by atoms with van der Waals surface area (Å²) in [4.78, 5) is 16.7. The van der Waals surface area contributed by atoms with E-state index in [1.807, 2.05) is 0 Å². The first-order valence-electron chi connectivity index (χ1n) is 7.90. The summed E-state index contributed by atoms with van der Waals surface area (Å²) < 4.78 is 23.8. The van der Waals surface area contributed by atoms with Gasteiger partial charge in [0, 0.05) is 5.56 Å². The zero-order valence-corrected chi connectivity index (χ0v) is 15.7. The van der Waals surface area contributed by atoms with Crippen LogP contribution in [0.4, 0.5) is 4.39 Å². The Morgan fingerprint density at radius 2 is 1.86 bits per heavy atom. The van der Waals surface area contributed by atoms with Crippen molar-refractivity contribution < 1.29 is 23.2 Å². The monoisotopic (exact) mass is 422 g/mol. The smallest absolute Gasteiger partial charge is 0.400 e. The summed E-state index contributed by atoms with van der Waals surface area (Å²) >= 11 is 12.0. The van der Waals surface area contributed by atoms with Crippen molar-refractivity contribution in [2.75, 3.05) is 0 Å². The van der Waals surface area contributed by atoms with Crippen molar-refractivity contribution in [1.29, 1.82) is 0 Å². The minimum Gasteiger partial charge on any atom is -0.484 e. The molecule has 0 unspecified atom stereocenters. The van der Waals surface area contributed by atoms with Crippen LogP contribution in [0.3, 0.4) is 0 Å². The van der Waals surface area contributed by atoms with E-state index in [0.29, 0.717) is 22.1 Å². The van der Waals surface area contributed by atoms with Crippen LogP contribution in [-0.4, -0.2) is 11.8 Å². The first-order valence-corrected chi connectivity index (χ1v) is 8.66. The molecule has 0 aliphatic carbocycles. The molecule has 0 amide bonds. The summed E-state index contributed by atoms with van der Waals surface area (Å²) in [5.74, 6) is -0.703. The van der Waals surface area contributed by atoms with Crippen molar-refractivity contribution >= 4 is 35.0 Å². The molecule has 0 saturated heterocycles. The van der Waals surface area contributed by atoms with Crippen LogP contribution in [0, 0.1) is 5.82 Å². The van der Waals surface area contributed by atoms with Gasteiger partial charge in [0.25, 0.3) is 0 Å². The minimum absolute atomic E-state index is 0.0222. The molecule has 2 N–H and O–H groups in total. The molecule has 144 valence electrons. The highest BCUT2D eigenvalue weighted by Gasteiger charge is 2.15. The molecule has 0 spiro atoms. The van der Waals surface area contributed by atoms with Gasteiger partial charge in [-0.1, -0.05) is 34.4 Å². The molecule has 2 aromatic carbocycles. The van der Waals surface area contributed by atoms with E-state index in [1.165, 1.54) is 30.3 Å². The predicted molar refractivity (Wildman–Crippen MR) is 102 cm³/mol. The first-order chi connectivity index (χ1) is 13.4. The molecule has 0 radical (unpaired) electrons. The molecule has 0 aliphatic rings. The number of ether oxygens (including phenoxy) is 1. The third-order valence-electron chi connectivity index (χ3n) is 3.52. The SMILES string of the molecule is N/C(=N\OC(=O)c1ccc(COc2cccc(Cl)c2Cl)o1)c1ccc(F)cc1. The van der Waals surface area contributed by atoms with Crippen LogP contribution in [0.25, 0.3) is 0 Å². The van der Waals surface area contributed by atoms with E-state index in [1.54, 1.807) is 24.3 Å². The predicted octanol–water partition coefficient (Wildman–Crippen LogP) is 4.78. The number of nitrogens with zero attached hydrogens (tertiary/aromatic N) is 1. The van der Waals surface area contributed by atoms with Gasteiger partial charge in [0.2, 0.25) is 5.76 Å². The average Bonchev–Trinajstić information content (AvgIpc) is 3.16. The Morgan fingerprint density at radius 1 is 1.11 bits per heavy atom. The van der Waals surface area contributed by atoms with E-state index in [-0.39, 0.29) is 23.2 Å². The Labute approximate surface area is 169 Å². The van der Waals surface area contributed by atoms with Crippen molar-refractivity contribution in [2.45, 2.75) is 6.61 Å². The topological polar surface area (TPSA) is 87.1 Å². The number of furan rings is 1. The van der Waals surface area contributed by atoms with Crippen LogP contribution in [-0.2, 0) is 11.4 Å². The van der Waals surface area contributed by atoms with Crippen molar-refractivity contribution in [2.24, 2.45) is 10.9 Å². The van der Waals surface area contributed by atoms with Crippen LogP contribution < -0.4 is 10.5 Å². The second-order valence-corrected chi connectivity index (χ2v) is 6.25. The average molecular weight is 423 g/mol. The molecule has 28 heavy (non-hydrogen) atoms. The number of halogens is 3. The maximum Gasteiger partial charge on any atom is 0.400 e. The molecular formula is C19H13Cl2FN2O4. The van der Waals surface area contributed by atoms with Gasteiger partial charge in [-0.2, -0.15) is 0 Å². The lowest BCUT2D eigenvalue weighted by atomic mass is 10.2. The van der Waals surface area contributed by atoms with Gasteiger partial charge in [-0.25, -0.2) is 9.18 Å². The largest absolute Gasteiger partial charge is 0.484 e. The number of oxime groups is 1. The second-order valence-electron chi connectivity index (χ2n) is 5.47. The number of benzene rings is 2.